The third-order valence-electron chi connectivity index (χ3n) is 3.43. The van der Waals surface area contributed by atoms with Crippen molar-refractivity contribution < 1.29 is 0 Å². The molecule has 1 aromatic rings. The van der Waals surface area contributed by atoms with E-state index in [1.54, 1.807) is 6.33 Å². The molecule has 0 spiro atoms. The third kappa shape index (κ3) is 2.08. The Morgan fingerprint density at radius 3 is 2.88 bits per heavy atom. The molecule has 1 aromatic heterocycles. The summed E-state index contributed by atoms with van der Waals surface area (Å²) in [6.07, 6.45) is 7.81. The first-order chi connectivity index (χ1) is 7.79. The van der Waals surface area contributed by atoms with Gasteiger partial charge in [0.2, 0.25) is 0 Å². The van der Waals surface area contributed by atoms with E-state index in [9.17, 15) is 5.26 Å². The summed E-state index contributed by atoms with van der Waals surface area (Å²) in [5, 5.41) is 13.5. The third-order valence-corrected chi connectivity index (χ3v) is 3.43. The van der Waals surface area contributed by atoms with Gasteiger partial charge in [0.1, 0.15) is 12.2 Å². The molecule has 0 N–H and O–H groups in total. The zero-order valence-corrected chi connectivity index (χ0v) is 9.82. The molecule has 0 aromatic carbocycles. The van der Waals surface area contributed by atoms with Crippen LogP contribution < -0.4 is 0 Å². The first kappa shape index (κ1) is 11.1. The van der Waals surface area contributed by atoms with E-state index in [4.69, 9.17) is 0 Å². The highest BCUT2D eigenvalue weighted by Gasteiger charge is 2.35. The number of hydrogen-bond donors (Lipinski definition) is 0. The van der Waals surface area contributed by atoms with E-state index in [0.717, 1.165) is 38.1 Å². The molecule has 4 heteroatoms. The Balaban J connectivity index is 2.13. The number of nitrogens with zero attached hydrogens (tertiary/aromatic N) is 4. The van der Waals surface area contributed by atoms with Crippen LogP contribution in [-0.2, 0) is 13.0 Å². The molecule has 2 rings (SSSR count). The van der Waals surface area contributed by atoms with Crippen LogP contribution in [0.2, 0.25) is 0 Å². The van der Waals surface area contributed by atoms with Gasteiger partial charge in [0.05, 0.1) is 11.5 Å². The van der Waals surface area contributed by atoms with E-state index in [2.05, 4.69) is 23.1 Å². The summed E-state index contributed by atoms with van der Waals surface area (Å²) < 4.78 is 1.94. The second kappa shape index (κ2) is 4.65. The molecule has 0 amide bonds. The lowest BCUT2D eigenvalue weighted by Gasteiger charge is -2.19. The molecule has 0 saturated heterocycles. The fourth-order valence-electron chi connectivity index (χ4n) is 2.51. The Hall–Kier alpha value is -1.37. The molecule has 0 unspecified atom stereocenters. The Morgan fingerprint density at radius 1 is 1.50 bits per heavy atom. The summed E-state index contributed by atoms with van der Waals surface area (Å²) in [4.78, 5) is 4.29. The minimum absolute atomic E-state index is 0.168. The van der Waals surface area contributed by atoms with Crippen molar-refractivity contribution in [2.45, 2.75) is 52.0 Å². The summed E-state index contributed by atoms with van der Waals surface area (Å²) >= 11 is 0. The van der Waals surface area contributed by atoms with Crippen LogP contribution in [0.15, 0.2) is 6.33 Å². The molecule has 4 nitrogen and oxygen atoms in total. The summed E-state index contributed by atoms with van der Waals surface area (Å²) in [5.41, 5.74) is -0.168. The van der Waals surface area contributed by atoms with Crippen LogP contribution in [0, 0.1) is 16.7 Å². The van der Waals surface area contributed by atoms with Gasteiger partial charge in [0, 0.05) is 13.0 Å². The van der Waals surface area contributed by atoms with Gasteiger partial charge in [-0.2, -0.15) is 10.4 Å². The van der Waals surface area contributed by atoms with E-state index in [1.165, 1.54) is 12.8 Å². The van der Waals surface area contributed by atoms with E-state index in [0.29, 0.717) is 0 Å². The fourth-order valence-corrected chi connectivity index (χ4v) is 2.51. The smallest absolute Gasteiger partial charge is 0.138 e. The largest absolute Gasteiger partial charge is 0.250 e. The predicted molar refractivity (Wildman–Crippen MR) is 60.5 cm³/mol. The second-order valence-electron chi connectivity index (χ2n) is 4.68. The summed E-state index contributed by atoms with van der Waals surface area (Å²) in [5.74, 6) is 0.977. The van der Waals surface area contributed by atoms with Gasteiger partial charge < -0.3 is 0 Å². The van der Waals surface area contributed by atoms with Crippen LogP contribution in [0.25, 0.3) is 0 Å². The van der Waals surface area contributed by atoms with Crippen molar-refractivity contribution in [3.05, 3.63) is 12.2 Å². The molecule has 1 saturated carbocycles. The van der Waals surface area contributed by atoms with Gasteiger partial charge in [-0.15, -0.1) is 0 Å². The Bertz CT molecular complexity index is 382. The number of hydrogen-bond acceptors (Lipinski definition) is 3. The maximum absolute atomic E-state index is 9.33. The second-order valence-corrected chi connectivity index (χ2v) is 4.68. The summed E-state index contributed by atoms with van der Waals surface area (Å²) in [6, 6.07) is 2.50. The van der Waals surface area contributed by atoms with Gasteiger partial charge >= 0.3 is 0 Å². The summed E-state index contributed by atoms with van der Waals surface area (Å²) in [7, 11) is 0. The number of rotatable bonds is 4. The van der Waals surface area contributed by atoms with Gasteiger partial charge in [0.25, 0.3) is 0 Å². The van der Waals surface area contributed by atoms with Crippen LogP contribution in [0.5, 0.6) is 0 Å². The minimum atomic E-state index is -0.168. The molecule has 1 heterocycles. The molecule has 0 radical (unpaired) electrons. The van der Waals surface area contributed by atoms with Gasteiger partial charge in [-0.05, 0) is 19.3 Å². The van der Waals surface area contributed by atoms with Crippen LogP contribution in [0.3, 0.4) is 0 Å². The Labute approximate surface area is 96.3 Å². The standard InChI is InChI=1S/C12H18N4/c1-2-7-16-11(14-10-15-16)8-12(9-13)5-3-4-6-12/h10H,2-8H2,1H3. The van der Waals surface area contributed by atoms with Gasteiger partial charge in [0.15, 0.2) is 0 Å². The predicted octanol–water partition coefficient (Wildman–Crippen LogP) is 2.31. The van der Waals surface area contributed by atoms with Crippen LogP contribution >= 0.6 is 0 Å². The lowest BCUT2D eigenvalue weighted by atomic mass is 9.84. The van der Waals surface area contributed by atoms with Crippen molar-refractivity contribution in [3.8, 4) is 6.07 Å². The first-order valence-electron chi connectivity index (χ1n) is 6.07. The maximum atomic E-state index is 9.33. The van der Waals surface area contributed by atoms with Crippen molar-refractivity contribution in [1.82, 2.24) is 14.8 Å². The molecule has 0 bridgehead atoms. The fraction of sp³-hybridized carbons (Fsp3) is 0.750. The molecule has 0 atom stereocenters. The monoisotopic (exact) mass is 218 g/mol. The van der Waals surface area contributed by atoms with Crippen molar-refractivity contribution >= 4 is 0 Å². The van der Waals surface area contributed by atoms with Crippen molar-refractivity contribution in [2.75, 3.05) is 0 Å². The highest BCUT2D eigenvalue weighted by molar-refractivity contribution is 5.07. The Kier molecular flexibility index (Phi) is 3.23. The topological polar surface area (TPSA) is 54.5 Å². The SMILES string of the molecule is CCCn1ncnc1CC1(C#N)CCCC1. The molecule has 86 valence electrons. The molecular formula is C12H18N4. The minimum Gasteiger partial charge on any atom is -0.250 e. The highest BCUT2D eigenvalue weighted by Crippen LogP contribution is 2.39. The number of aryl methyl sites for hydroxylation is 1. The zero-order chi connectivity index (χ0) is 11.4. The van der Waals surface area contributed by atoms with Crippen LogP contribution in [-0.4, -0.2) is 14.8 Å². The van der Waals surface area contributed by atoms with Crippen LogP contribution in [0.4, 0.5) is 0 Å². The normalized spacial score (nSPS) is 18.5. The Morgan fingerprint density at radius 2 is 2.25 bits per heavy atom. The lowest BCUT2D eigenvalue weighted by molar-refractivity contribution is 0.384. The number of nitriles is 1. The van der Waals surface area contributed by atoms with Crippen LogP contribution in [0.1, 0.15) is 44.9 Å². The average molecular weight is 218 g/mol. The number of aromatic nitrogens is 3. The van der Waals surface area contributed by atoms with E-state index >= 15 is 0 Å². The van der Waals surface area contributed by atoms with Gasteiger partial charge in [-0.3, -0.25) is 4.68 Å². The summed E-state index contributed by atoms with van der Waals surface area (Å²) in [6.45, 7) is 3.03. The van der Waals surface area contributed by atoms with E-state index < -0.39 is 0 Å². The first-order valence-corrected chi connectivity index (χ1v) is 6.07. The van der Waals surface area contributed by atoms with Crippen molar-refractivity contribution in [2.24, 2.45) is 5.41 Å². The van der Waals surface area contributed by atoms with Crippen molar-refractivity contribution in [1.29, 1.82) is 5.26 Å². The molecule has 1 aliphatic carbocycles. The molecule has 1 fully saturated rings. The van der Waals surface area contributed by atoms with E-state index in [-0.39, 0.29) is 5.41 Å². The zero-order valence-electron chi connectivity index (χ0n) is 9.82. The maximum Gasteiger partial charge on any atom is 0.138 e. The quantitative estimate of drug-likeness (QED) is 0.779. The van der Waals surface area contributed by atoms with Gasteiger partial charge in [-0.1, -0.05) is 19.8 Å². The molecular weight excluding hydrogens is 200 g/mol. The van der Waals surface area contributed by atoms with E-state index in [1.807, 2.05) is 4.68 Å². The van der Waals surface area contributed by atoms with Gasteiger partial charge in [-0.25, -0.2) is 4.98 Å². The highest BCUT2D eigenvalue weighted by atomic mass is 15.3. The van der Waals surface area contributed by atoms with Crippen molar-refractivity contribution in [3.63, 3.8) is 0 Å². The molecule has 0 aliphatic heterocycles. The average Bonchev–Trinajstić information content (AvgIpc) is 2.91. The molecule has 16 heavy (non-hydrogen) atoms. The lowest BCUT2D eigenvalue weighted by Crippen LogP contribution is -2.20. The molecule has 1 aliphatic rings.